The van der Waals surface area contributed by atoms with Crippen LogP contribution in [0.5, 0.6) is 0 Å². The molecule has 0 saturated heterocycles. The highest BCUT2D eigenvalue weighted by Crippen LogP contribution is 2.04. The first kappa shape index (κ1) is 13.3. The number of amides is 1. The molecule has 0 heterocycles. The number of nitrogens with zero attached hydrogens (tertiary/aromatic N) is 1. The zero-order valence-corrected chi connectivity index (χ0v) is 10.1. The van der Waals surface area contributed by atoms with E-state index in [0.717, 1.165) is 5.56 Å². The van der Waals surface area contributed by atoms with Crippen LogP contribution < -0.4 is 5.73 Å². The highest BCUT2D eigenvalue weighted by atomic mass is 16.2. The van der Waals surface area contributed by atoms with E-state index in [1.165, 1.54) is 0 Å². The second-order valence-electron chi connectivity index (χ2n) is 3.85. The summed E-state index contributed by atoms with van der Waals surface area (Å²) in [5.41, 5.74) is 6.96. The summed E-state index contributed by atoms with van der Waals surface area (Å²) in [6, 6.07) is 9.21. The molecule has 0 spiro atoms. The van der Waals surface area contributed by atoms with Crippen LogP contribution in [0.25, 0.3) is 0 Å². The van der Waals surface area contributed by atoms with Gasteiger partial charge in [0.2, 0.25) is 5.91 Å². The fourth-order valence-electron chi connectivity index (χ4n) is 1.65. The lowest BCUT2D eigenvalue weighted by atomic mass is 10.1. The van der Waals surface area contributed by atoms with Crippen molar-refractivity contribution in [1.29, 1.82) is 0 Å². The standard InChI is InChI=1S/C14H18N2O/c1-3-10-16(4-2)14(17)13(15)11-12-8-6-5-7-9-12/h1,5-9,13H,4,10-11,15H2,2H3/t13-/m1/s1. The van der Waals surface area contributed by atoms with E-state index in [4.69, 9.17) is 12.2 Å². The van der Waals surface area contributed by atoms with Crippen LogP contribution in [0.1, 0.15) is 12.5 Å². The molecule has 0 aliphatic carbocycles. The molecule has 3 nitrogen and oxygen atoms in total. The summed E-state index contributed by atoms with van der Waals surface area (Å²) in [7, 11) is 0. The van der Waals surface area contributed by atoms with Crippen molar-refractivity contribution in [2.75, 3.05) is 13.1 Å². The maximum atomic E-state index is 12.0. The van der Waals surface area contributed by atoms with E-state index < -0.39 is 6.04 Å². The van der Waals surface area contributed by atoms with Gasteiger partial charge in [-0.3, -0.25) is 4.79 Å². The molecule has 1 atom stereocenters. The summed E-state index contributed by atoms with van der Waals surface area (Å²) < 4.78 is 0. The van der Waals surface area contributed by atoms with Crippen molar-refractivity contribution in [2.45, 2.75) is 19.4 Å². The van der Waals surface area contributed by atoms with Gasteiger partial charge in [-0.15, -0.1) is 6.42 Å². The molecule has 1 amide bonds. The van der Waals surface area contributed by atoms with Gasteiger partial charge < -0.3 is 10.6 Å². The number of carbonyl (C=O) groups is 1. The summed E-state index contributed by atoms with van der Waals surface area (Å²) in [5.74, 6) is 2.38. The average molecular weight is 230 g/mol. The predicted molar refractivity (Wildman–Crippen MR) is 69.2 cm³/mol. The van der Waals surface area contributed by atoms with Gasteiger partial charge in [0.05, 0.1) is 12.6 Å². The number of hydrogen-bond donors (Lipinski definition) is 1. The molecule has 2 N–H and O–H groups in total. The Morgan fingerprint density at radius 2 is 2.12 bits per heavy atom. The number of likely N-dealkylation sites (N-methyl/N-ethyl adjacent to an activating group) is 1. The maximum absolute atomic E-state index is 12.0. The molecule has 0 saturated carbocycles. The first-order valence-corrected chi connectivity index (χ1v) is 5.70. The average Bonchev–Trinajstić information content (AvgIpc) is 2.36. The molecule has 17 heavy (non-hydrogen) atoms. The minimum Gasteiger partial charge on any atom is -0.330 e. The minimum atomic E-state index is -0.523. The summed E-state index contributed by atoms with van der Waals surface area (Å²) in [6.45, 7) is 2.80. The minimum absolute atomic E-state index is 0.0886. The van der Waals surface area contributed by atoms with Crippen LogP contribution in [-0.2, 0) is 11.2 Å². The molecule has 0 radical (unpaired) electrons. The van der Waals surface area contributed by atoms with Crippen LogP contribution in [0.4, 0.5) is 0 Å². The highest BCUT2D eigenvalue weighted by molar-refractivity contribution is 5.82. The summed E-state index contributed by atoms with van der Waals surface area (Å²) in [4.78, 5) is 13.6. The van der Waals surface area contributed by atoms with Crippen LogP contribution >= 0.6 is 0 Å². The molecule has 0 bridgehead atoms. The van der Waals surface area contributed by atoms with E-state index in [2.05, 4.69) is 5.92 Å². The molecule has 3 heteroatoms. The van der Waals surface area contributed by atoms with Gasteiger partial charge in [-0.2, -0.15) is 0 Å². The Kier molecular flexibility index (Phi) is 5.25. The zero-order valence-electron chi connectivity index (χ0n) is 10.1. The molecule has 0 aliphatic heterocycles. The lowest BCUT2D eigenvalue weighted by molar-refractivity contribution is -0.131. The van der Waals surface area contributed by atoms with Crippen molar-refractivity contribution in [3.05, 3.63) is 35.9 Å². The van der Waals surface area contributed by atoms with Crippen LogP contribution in [0.3, 0.4) is 0 Å². The molecule has 0 aromatic heterocycles. The Morgan fingerprint density at radius 1 is 1.47 bits per heavy atom. The van der Waals surface area contributed by atoms with Crippen molar-refractivity contribution in [2.24, 2.45) is 5.73 Å². The second-order valence-corrected chi connectivity index (χ2v) is 3.85. The lowest BCUT2D eigenvalue weighted by Crippen LogP contribution is -2.45. The highest BCUT2D eigenvalue weighted by Gasteiger charge is 2.19. The van der Waals surface area contributed by atoms with Crippen molar-refractivity contribution in [3.8, 4) is 12.3 Å². The van der Waals surface area contributed by atoms with Crippen LogP contribution in [0.15, 0.2) is 30.3 Å². The van der Waals surface area contributed by atoms with E-state index in [1.54, 1.807) is 4.90 Å². The smallest absolute Gasteiger partial charge is 0.240 e. The third-order valence-corrected chi connectivity index (χ3v) is 2.59. The first-order valence-electron chi connectivity index (χ1n) is 5.70. The molecule has 1 rings (SSSR count). The third kappa shape index (κ3) is 3.93. The van der Waals surface area contributed by atoms with E-state index >= 15 is 0 Å². The molecular weight excluding hydrogens is 212 g/mol. The van der Waals surface area contributed by atoms with Crippen molar-refractivity contribution < 1.29 is 4.79 Å². The number of terminal acetylenes is 1. The van der Waals surface area contributed by atoms with Crippen molar-refractivity contribution in [1.82, 2.24) is 4.90 Å². The van der Waals surface area contributed by atoms with Gasteiger partial charge in [0.1, 0.15) is 0 Å². The van der Waals surface area contributed by atoms with Crippen molar-refractivity contribution >= 4 is 5.91 Å². The summed E-state index contributed by atoms with van der Waals surface area (Å²) in [6.07, 6.45) is 5.75. The lowest BCUT2D eigenvalue weighted by Gasteiger charge is -2.22. The molecule has 0 unspecified atom stereocenters. The van der Waals surface area contributed by atoms with E-state index in [9.17, 15) is 4.79 Å². The quantitative estimate of drug-likeness (QED) is 0.768. The number of carbonyl (C=O) groups excluding carboxylic acids is 1. The van der Waals surface area contributed by atoms with Gasteiger partial charge in [0.25, 0.3) is 0 Å². The topological polar surface area (TPSA) is 46.3 Å². The molecule has 0 fully saturated rings. The van der Waals surface area contributed by atoms with Gasteiger partial charge in [-0.1, -0.05) is 36.3 Å². The normalized spacial score (nSPS) is 11.6. The largest absolute Gasteiger partial charge is 0.330 e. The van der Waals surface area contributed by atoms with Gasteiger partial charge >= 0.3 is 0 Å². The van der Waals surface area contributed by atoms with Crippen LogP contribution in [0, 0.1) is 12.3 Å². The van der Waals surface area contributed by atoms with Crippen LogP contribution in [0.2, 0.25) is 0 Å². The zero-order chi connectivity index (χ0) is 12.7. The van der Waals surface area contributed by atoms with Gasteiger partial charge in [-0.25, -0.2) is 0 Å². The summed E-state index contributed by atoms with van der Waals surface area (Å²) >= 11 is 0. The molecule has 90 valence electrons. The number of benzene rings is 1. The first-order chi connectivity index (χ1) is 8.19. The third-order valence-electron chi connectivity index (χ3n) is 2.59. The Labute approximate surface area is 103 Å². The Bertz CT molecular complexity index is 394. The molecule has 0 aliphatic rings. The van der Waals surface area contributed by atoms with Gasteiger partial charge in [-0.05, 0) is 18.9 Å². The van der Waals surface area contributed by atoms with E-state index in [0.29, 0.717) is 19.5 Å². The predicted octanol–water partition coefficient (Wildman–Crippen LogP) is 1.04. The Morgan fingerprint density at radius 3 is 2.65 bits per heavy atom. The van der Waals surface area contributed by atoms with Gasteiger partial charge in [0.15, 0.2) is 0 Å². The monoisotopic (exact) mass is 230 g/mol. The Balaban J connectivity index is 2.61. The molecule has 1 aromatic rings. The number of hydrogen-bond acceptors (Lipinski definition) is 2. The van der Waals surface area contributed by atoms with Gasteiger partial charge in [0, 0.05) is 6.54 Å². The molecule has 1 aromatic carbocycles. The van der Waals surface area contributed by atoms with E-state index in [-0.39, 0.29) is 5.91 Å². The second kappa shape index (κ2) is 6.72. The van der Waals surface area contributed by atoms with Crippen LogP contribution in [-0.4, -0.2) is 29.9 Å². The van der Waals surface area contributed by atoms with E-state index in [1.807, 2.05) is 37.3 Å². The molecular formula is C14H18N2O. The number of nitrogens with two attached hydrogens (primary N) is 1. The maximum Gasteiger partial charge on any atom is 0.240 e. The fraction of sp³-hybridized carbons (Fsp3) is 0.357. The SMILES string of the molecule is C#CCN(CC)C(=O)[C@H](N)Cc1ccccc1. The summed E-state index contributed by atoms with van der Waals surface area (Å²) in [5, 5.41) is 0. The Hall–Kier alpha value is -1.79. The van der Waals surface area contributed by atoms with Crippen molar-refractivity contribution in [3.63, 3.8) is 0 Å². The number of rotatable bonds is 5. The fourth-order valence-corrected chi connectivity index (χ4v) is 1.65.